The molecule has 88 valence electrons. The summed E-state index contributed by atoms with van der Waals surface area (Å²) in [5.41, 5.74) is -0.278. The summed E-state index contributed by atoms with van der Waals surface area (Å²) in [5, 5.41) is 19.3. The van der Waals surface area contributed by atoms with Gasteiger partial charge in [-0.1, -0.05) is 30.3 Å². The lowest BCUT2D eigenvalue weighted by molar-refractivity contribution is -0.124. The number of aliphatic hydroxyl groups is 2. The van der Waals surface area contributed by atoms with Gasteiger partial charge in [-0.25, -0.2) is 0 Å². The van der Waals surface area contributed by atoms with Crippen molar-refractivity contribution in [2.45, 2.75) is 38.4 Å². The van der Waals surface area contributed by atoms with Gasteiger partial charge in [0.15, 0.2) is 0 Å². The van der Waals surface area contributed by atoms with Crippen molar-refractivity contribution in [1.29, 1.82) is 0 Å². The molecular formula is C13H18O3. The minimum absolute atomic E-state index is 0.0496. The maximum Gasteiger partial charge on any atom is 0.138 e. The normalized spacial score (nSPS) is 13.5. The minimum atomic E-state index is -1.01. The molecule has 0 spiro atoms. The molecule has 0 aromatic heterocycles. The van der Waals surface area contributed by atoms with Gasteiger partial charge in [0.2, 0.25) is 0 Å². The fourth-order valence-corrected chi connectivity index (χ4v) is 1.56. The number of aliphatic hydroxyl groups excluding tert-OH is 1. The number of hydrogen-bond donors (Lipinski definition) is 2. The molecule has 1 unspecified atom stereocenters. The van der Waals surface area contributed by atoms with Crippen LogP contribution in [0.5, 0.6) is 0 Å². The van der Waals surface area contributed by atoms with E-state index in [0.717, 1.165) is 5.56 Å². The van der Waals surface area contributed by atoms with Crippen LogP contribution in [-0.4, -0.2) is 21.6 Å². The van der Waals surface area contributed by atoms with Gasteiger partial charge < -0.3 is 10.2 Å². The van der Waals surface area contributed by atoms with E-state index in [1.54, 1.807) is 26.0 Å². The Bertz CT molecular complexity index is 338. The van der Waals surface area contributed by atoms with Crippen LogP contribution in [-0.2, 0) is 4.79 Å². The summed E-state index contributed by atoms with van der Waals surface area (Å²) < 4.78 is 0. The second-order valence-corrected chi connectivity index (χ2v) is 4.66. The number of hydrogen-bond acceptors (Lipinski definition) is 3. The molecule has 0 fully saturated rings. The highest BCUT2D eigenvalue weighted by Crippen LogP contribution is 2.19. The summed E-state index contributed by atoms with van der Waals surface area (Å²) in [7, 11) is 0. The maximum absolute atomic E-state index is 11.5. The molecule has 0 saturated heterocycles. The number of carbonyl (C=O) groups excluding carboxylic acids is 1. The highest BCUT2D eigenvalue weighted by Gasteiger charge is 2.20. The molecular weight excluding hydrogens is 204 g/mol. The van der Waals surface area contributed by atoms with E-state index in [2.05, 4.69) is 0 Å². The first-order valence-corrected chi connectivity index (χ1v) is 5.35. The Balaban J connectivity index is 2.52. The Hall–Kier alpha value is -1.19. The highest BCUT2D eigenvalue weighted by molar-refractivity contribution is 5.79. The number of Topliss-reactive ketones (excluding diaryl/α,β-unsaturated/α-hetero) is 1. The summed E-state index contributed by atoms with van der Waals surface area (Å²) in [6.07, 6.45) is -0.665. The van der Waals surface area contributed by atoms with Crippen LogP contribution in [0.2, 0.25) is 0 Å². The number of rotatable bonds is 5. The van der Waals surface area contributed by atoms with Gasteiger partial charge in [-0.15, -0.1) is 0 Å². The van der Waals surface area contributed by atoms with Crippen LogP contribution in [0.3, 0.4) is 0 Å². The SMILES string of the molecule is CC(C)(O)CC(=O)CC(O)c1ccccc1. The second kappa shape index (κ2) is 5.23. The molecule has 2 N–H and O–H groups in total. The predicted octanol–water partition coefficient (Wildman–Crippen LogP) is 1.84. The quantitative estimate of drug-likeness (QED) is 0.799. The first-order valence-electron chi connectivity index (χ1n) is 5.35. The van der Waals surface area contributed by atoms with Gasteiger partial charge in [0.1, 0.15) is 5.78 Å². The van der Waals surface area contributed by atoms with E-state index in [-0.39, 0.29) is 18.6 Å². The van der Waals surface area contributed by atoms with Gasteiger partial charge in [-0.2, -0.15) is 0 Å². The molecule has 0 aliphatic heterocycles. The molecule has 3 heteroatoms. The van der Waals surface area contributed by atoms with Gasteiger partial charge in [-0.05, 0) is 19.4 Å². The number of benzene rings is 1. The third-order valence-electron chi connectivity index (χ3n) is 2.24. The zero-order valence-electron chi connectivity index (χ0n) is 9.68. The van der Waals surface area contributed by atoms with Gasteiger partial charge in [0, 0.05) is 12.8 Å². The van der Waals surface area contributed by atoms with Crippen LogP contribution < -0.4 is 0 Å². The van der Waals surface area contributed by atoms with E-state index in [9.17, 15) is 15.0 Å². The van der Waals surface area contributed by atoms with Crippen molar-refractivity contribution in [2.24, 2.45) is 0 Å². The molecule has 16 heavy (non-hydrogen) atoms. The Morgan fingerprint density at radius 3 is 2.38 bits per heavy atom. The molecule has 1 aromatic rings. The topological polar surface area (TPSA) is 57.5 Å². The summed E-state index contributed by atoms with van der Waals surface area (Å²) >= 11 is 0. The lowest BCUT2D eigenvalue weighted by atomic mass is 9.96. The van der Waals surface area contributed by atoms with Crippen molar-refractivity contribution >= 4 is 5.78 Å². The first kappa shape index (κ1) is 12.9. The van der Waals surface area contributed by atoms with Crippen molar-refractivity contribution in [1.82, 2.24) is 0 Å². The Morgan fingerprint density at radius 1 is 1.31 bits per heavy atom. The first-order chi connectivity index (χ1) is 7.38. The molecule has 0 heterocycles. The third-order valence-corrected chi connectivity index (χ3v) is 2.24. The Labute approximate surface area is 95.7 Å². The predicted molar refractivity (Wildman–Crippen MR) is 61.9 cm³/mol. The van der Waals surface area contributed by atoms with Crippen molar-refractivity contribution in [3.8, 4) is 0 Å². The van der Waals surface area contributed by atoms with E-state index in [1.165, 1.54) is 0 Å². The molecule has 1 aromatic carbocycles. The van der Waals surface area contributed by atoms with E-state index in [1.807, 2.05) is 18.2 Å². The number of ketones is 1. The smallest absolute Gasteiger partial charge is 0.138 e. The van der Waals surface area contributed by atoms with Crippen LogP contribution >= 0.6 is 0 Å². The standard InChI is InChI=1S/C13H18O3/c1-13(2,16)9-11(14)8-12(15)10-6-4-3-5-7-10/h3-7,12,15-16H,8-9H2,1-2H3. The van der Waals surface area contributed by atoms with E-state index in [0.29, 0.717) is 0 Å². The summed E-state index contributed by atoms with van der Waals surface area (Å²) in [5.74, 6) is -0.135. The molecule has 3 nitrogen and oxygen atoms in total. The van der Waals surface area contributed by atoms with E-state index >= 15 is 0 Å². The van der Waals surface area contributed by atoms with Crippen LogP contribution in [0.15, 0.2) is 30.3 Å². The van der Waals surface area contributed by atoms with E-state index in [4.69, 9.17) is 0 Å². The van der Waals surface area contributed by atoms with Gasteiger partial charge in [0.25, 0.3) is 0 Å². The van der Waals surface area contributed by atoms with Crippen molar-refractivity contribution < 1.29 is 15.0 Å². The summed E-state index contributed by atoms with van der Waals surface area (Å²) in [4.78, 5) is 11.5. The molecule has 0 bridgehead atoms. The van der Waals surface area contributed by atoms with Crippen LogP contribution in [0.1, 0.15) is 38.4 Å². The fraction of sp³-hybridized carbons (Fsp3) is 0.462. The monoisotopic (exact) mass is 222 g/mol. The van der Waals surface area contributed by atoms with Crippen molar-refractivity contribution in [3.05, 3.63) is 35.9 Å². The molecule has 0 radical (unpaired) electrons. The highest BCUT2D eigenvalue weighted by atomic mass is 16.3. The maximum atomic E-state index is 11.5. The number of carbonyl (C=O) groups is 1. The second-order valence-electron chi connectivity index (χ2n) is 4.66. The zero-order valence-corrected chi connectivity index (χ0v) is 9.68. The van der Waals surface area contributed by atoms with Crippen molar-refractivity contribution in [2.75, 3.05) is 0 Å². The van der Waals surface area contributed by atoms with Crippen LogP contribution in [0.4, 0.5) is 0 Å². The average molecular weight is 222 g/mol. The molecule has 1 rings (SSSR count). The molecule has 1 atom stereocenters. The summed E-state index contributed by atoms with van der Waals surface area (Å²) in [6.45, 7) is 3.17. The van der Waals surface area contributed by atoms with E-state index < -0.39 is 11.7 Å². The van der Waals surface area contributed by atoms with Crippen molar-refractivity contribution in [3.63, 3.8) is 0 Å². The lowest BCUT2D eigenvalue weighted by Crippen LogP contribution is -2.24. The fourth-order valence-electron chi connectivity index (χ4n) is 1.56. The van der Waals surface area contributed by atoms with Gasteiger partial charge >= 0.3 is 0 Å². The zero-order chi connectivity index (χ0) is 12.2. The molecule has 0 aliphatic carbocycles. The lowest BCUT2D eigenvalue weighted by Gasteiger charge is -2.17. The van der Waals surface area contributed by atoms with Gasteiger partial charge in [-0.3, -0.25) is 4.79 Å². The van der Waals surface area contributed by atoms with Crippen LogP contribution in [0, 0.1) is 0 Å². The molecule has 0 aliphatic rings. The Kier molecular flexibility index (Phi) is 4.21. The Morgan fingerprint density at radius 2 is 1.88 bits per heavy atom. The third kappa shape index (κ3) is 4.55. The largest absolute Gasteiger partial charge is 0.390 e. The summed E-state index contributed by atoms with van der Waals surface area (Å²) in [6, 6.07) is 9.05. The molecule has 0 saturated carbocycles. The minimum Gasteiger partial charge on any atom is -0.390 e. The molecule has 0 amide bonds. The average Bonchev–Trinajstić information content (AvgIpc) is 2.16. The van der Waals surface area contributed by atoms with Crippen LogP contribution in [0.25, 0.3) is 0 Å². The van der Waals surface area contributed by atoms with Gasteiger partial charge in [0.05, 0.1) is 11.7 Å².